The summed E-state index contributed by atoms with van der Waals surface area (Å²) in [5, 5.41) is 10.7. The first-order valence-corrected chi connectivity index (χ1v) is 12.1. The van der Waals surface area contributed by atoms with Crippen molar-refractivity contribution >= 4 is 34.4 Å². The van der Waals surface area contributed by atoms with E-state index in [9.17, 15) is 9.59 Å². The molecule has 8 nitrogen and oxygen atoms in total. The number of para-hydroxylation sites is 1. The Morgan fingerprint density at radius 2 is 1.83 bits per heavy atom. The van der Waals surface area contributed by atoms with Gasteiger partial charge < -0.3 is 20.3 Å². The van der Waals surface area contributed by atoms with Gasteiger partial charge in [0.05, 0.1) is 24.5 Å². The molecule has 1 atom stereocenters. The molecule has 0 saturated heterocycles. The normalized spacial score (nSPS) is 14.8. The molecule has 1 unspecified atom stereocenters. The molecule has 0 spiro atoms. The summed E-state index contributed by atoms with van der Waals surface area (Å²) in [6, 6.07) is 24.2. The molecule has 0 radical (unpaired) electrons. The number of aromatic nitrogens is 2. The number of benzene rings is 3. The third kappa shape index (κ3) is 4.88. The lowest BCUT2D eigenvalue weighted by atomic mass is 9.95. The Bertz CT molecular complexity index is 1370. The molecule has 5 rings (SSSR count). The fourth-order valence-electron chi connectivity index (χ4n) is 4.86. The highest BCUT2D eigenvalue weighted by molar-refractivity contribution is 6.02. The second kappa shape index (κ2) is 10.5. The summed E-state index contributed by atoms with van der Waals surface area (Å²) in [4.78, 5) is 27.2. The summed E-state index contributed by atoms with van der Waals surface area (Å²) in [5.41, 5.74) is 5.03. The van der Waals surface area contributed by atoms with Crippen molar-refractivity contribution in [2.75, 3.05) is 30.4 Å². The van der Waals surface area contributed by atoms with Crippen LogP contribution in [0.1, 0.15) is 17.5 Å². The number of fused-ring (bicyclic) bond motifs is 2. The van der Waals surface area contributed by atoms with Gasteiger partial charge in [0, 0.05) is 30.2 Å². The van der Waals surface area contributed by atoms with Gasteiger partial charge in [-0.05, 0) is 48.6 Å². The number of urea groups is 1. The van der Waals surface area contributed by atoms with E-state index in [1.165, 1.54) is 28.6 Å². The number of rotatable bonds is 6. The van der Waals surface area contributed by atoms with Gasteiger partial charge in [-0.15, -0.1) is 0 Å². The van der Waals surface area contributed by atoms with Crippen LogP contribution in [0.4, 0.5) is 21.0 Å². The summed E-state index contributed by atoms with van der Waals surface area (Å²) in [6.07, 6.45) is 3.85. The number of methoxy groups -OCH3 is 1. The van der Waals surface area contributed by atoms with Gasteiger partial charge in [0.1, 0.15) is 0 Å². The Labute approximate surface area is 209 Å². The minimum atomic E-state index is -0.584. The first-order chi connectivity index (χ1) is 17.6. The first-order valence-electron chi connectivity index (χ1n) is 12.1. The van der Waals surface area contributed by atoms with E-state index in [4.69, 9.17) is 4.74 Å². The summed E-state index contributed by atoms with van der Waals surface area (Å²) in [7, 11) is 1.30. The highest BCUT2D eigenvalue weighted by atomic mass is 16.5. The molecule has 4 aromatic rings. The van der Waals surface area contributed by atoms with Crippen LogP contribution in [0.3, 0.4) is 0 Å². The quantitative estimate of drug-likeness (QED) is 0.410. The zero-order valence-electron chi connectivity index (χ0n) is 20.2. The molecule has 184 valence electrons. The second-order valence-corrected chi connectivity index (χ2v) is 8.85. The number of ether oxygens (including phenoxy) is 1. The first kappa shape index (κ1) is 23.4. The number of hydrogen-bond acceptors (Lipinski definition) is 5. The average Bonchev–Trinajstić information content (AvgIpc) is 3.36. The predicted octanol–water partition coefficient (Wildman–Crippen LogP) is 4.84. The monoisotopic (exact) mass is 483 g/mol. The maximum absolute atomic E-state index is 12.9. The standard InChI is InChI=1S/C28H29N5O3/c1-36-28(35)33-26-13-7-11-24(23(26)19-30-33)31-27(34)29-18-22-15-14-21-10-5-6-12-25(21)32(22)17-16-20-8-3-2-4-9-20/h2-13,19,22H,14-18H2,1H3,(H2,29,31,34). The SMILES string of the molecule is COC(=O)n1ncc2c(NC(=O)NCC3CCc4ccccc4N3CCc3ccccc3)cccc21. The minimum absolute atomic E-state index is 0.187. The van der Waals surface area contributed by atoms with E-state index in [2.05, 4.69) is 69.2 Å². The average molecular weight is 484 g/mol. The van der Waals surface area contributed by atoms with E-state index in [1.54, 1.807) is 24.4 Å². The Morgan fingerprint density at radius 1 is 1.03 bits per heavy atom. The van der Waals surface area contributed by atoms with Crippen molar-refractivity contribution in [2.24, 2.45) is 0 Å². The van der Waals surface area contributed by atoms with Crippen LogP contribution in [0, 0.1) is 0 Å². The van der Waals surface area contributed by atoms with Gasteiger partial charge in [-0.25, -0.2) is 9.59 Å². The molecule has 8 heteroatoms. The van der Waals surface area contributed by atoms with Crippen LogP contribution in [0.2, 0.25) is 0 Å². The van der Waals surface area contributed by atoms with Crippen LogP contribution >= 0.6 is 0 Å². The molecule has 1 aromatic heterocycles. The number of anilines is 2. The van der Waals surface area contributed by atoms with Gasteiger partial charge in [-0.3, -0.25) is 0 Å². The lowest BCUT2D eigenvalue weighted by molar-refractivity contribution is 0.170. The van der Waals surface area contributed by atoms with Crippen molar-refractivity contribution in [3.63, 3.8) is 0 Å². The highest BCUT2D eigenvalue weighted by Gasteiger charge is 2.26. The lowest BCUT2D eigenvalue weighted by Gasteiger charge is -2.39. The Kier molecular flexibility index (Phi) is 6.84. The molecular formula is C28H29N5O3. The van der Waals surface area contributed by atoms with E-state index < -0.39 is 6.09 Å². The van der Waals surface area contributed by atoms with Gasteiger partial charge in [-0.2, -0.15) is 9.78 Å². The number of hydrogen-bond donors (Lipinski definition) is 2. The van der Waals surface area contributed by atoms with Gasteiger partial charge in [0.2, 0.25) is 0 Å². The Hall–Kier alpha value is -4.33. The molecule has 1 aliphatic rings. The zero-order valence-corrected chi connectivity index (χ0v) is 20.2. The smallest absolute Gasteiger partial charge is 0.434 e. The largest absolute Gasteiger partial charge is 0.451 e. The second-order valence-electron chi connectivity index (χ2n) is 8.85. The van der Waals surface area contributed by atoms with Crippen molar-refractivity contribution in [3.05, 3.63) is 90.1 Å². The molecule has 1 aliphatic heterocycles. The van der Waals surface area contributed by atoms with Gasteiger partial charge in [-0.1, -0.05) is 54.6 Å². The third-order valence-electron chi connectivity index (χ3n) is 6.68. The van der Waals surface area contributed by atoms with Crippen molar-refractivity contribution in [2.45, 2.75) is 25.3 Å². The van der Waals surface area contributed by atoms with Crippen LogP contribution in [0.25, 0.3) is 10.9 Å². The highest BCUT2D eigenvalue weighted by Crippen LogP contribution is 2.30. The molecule has 0 fully saturated rings. The van der Waals surface area contributed by atoms with E-state index in [0.29, 0.717) is 23.1 Å². The molecule has 2 heterocycles. The van der Waals surface area contributed by atoms with Crippen LogP contribution in [-0.2, 0) is 17.6 Å². The number of aryl methyl sites for hydroxylation is 1. The number of carbonyl (C=O) groups is 2. The molecule has 3 aromatic carbocycles. The molecule has 36 heavy (non-hydrogen) atoms. The van der Waals surface area contributed by atoms with Crippen LogP contribution in [0.5, 0.6) is 0 Å². The fraction of sp³-hybridized carbons (Fsp3) is 0.250. The minimum Gasteiger partial charge on any atom is -0.451 e. The predicted molar refractivity (Wildman–Crippen MR) is 141 cm³/mol. The Balaban J connectivity index is 1.27. The topological polar surface area (TPSA) is 88.5 Å². The van der Waals surface area contributed by atoms with Gasteiger partial charge >= 0.3 is 12.1 Å². The Morgan fingerprint density at radius 3 is 2.67 bits per heavy atom. The van der Waals surface area contributed by atoms with Crippen molar-refractivity contribution in [3.8, 4) is 0 Å². The molecule has 2 N–H and O–H groups in total. The number of carbonyl (C=O) groups excluding carboxylic acids is 2. The van der Waals surface area contributed by atoms with E-state index in [0.717, 1.165) is 25.8 Å². The van der Waals surface area contributed by atoms with Crippen LogP contribution in [0.15, 0.2) is 79.0 Å². The number of nitrogens with zero attached hydrogens (tertiary/aromatic N) is 3. The lowest BCUT2D eigenvalue weighted by Crippen LogP contribution is -2.48. The van der Waals surface area contributed by atoms with E-state index in [-0.39, 0.29) is 12.1 Å². The van der Waals surface area contributed by atoms with E-state index in [1.807, 2.05) is 6.07 Å². The summed E-state index contributed by atoms with van der Waals surface area (Å²) >= 11 is 0. The van der Waals surface area contributed by atoms with Crippen LogP contribution < -0.4 is 15.5 Å². The van der Waals surface area contributed by atoms with Crippen molar-refractivity contribution < 1.29 is 14.3 Å². The van der Waals surface area contributed by atoms with Crippen molar-refractivity contribution in [1.29, 1.82) is 0 Å². The molecular weight excluding hydrogens is 454 g/mol. The third-order valence-corrected chi connectivity index (χ3v) is 6.68. The molecule has 0 aliphatic carbocycles. The zero-order chi connectivity index (χ0) is 24.9. The fourth-order valence-corrected chi connectivity index (χ4v) is 4.86. The number of amides is 2. The molecule has 0 bridgehead atoms. The molecule has 0 saturated carbocycles. The number of nitrogens with one attached hydrogen (secondary N) is 2. The molecule has 2 amide bonds. The summed E-state index contributed by atoms with van der Waals surface area (Å²) in [5.74, 6) is 0. The maximum Gasteiger partial charge on any atom is 0.434 e. The summed E-state index contributed by atoms with van der Waals surface area (Å²) in [6.45, 7) is 1.40. The van der Waals surface area contributed by atoms with Crippen LogP contribution in [-0.4, -0.2) is 48.1 Å². The van der Waals surface area contributed by atoms with Gasteiger partial charge in [0.25, 0.3) is 0 Å². The van der Waals surface area contributed by atoms with Gasteiger partial charge in [0.15, 0.2) is 0 Å². The van der Waals surface area contributed by atoms with Crippen molar-refractivity contribution in [1.82, 2.24) is 15.1 Å². The maximum atomic E-state index is 12.9. The summed E-state index contributed by atoms with van der Waals surface area (Å²) < 4.78 is 5.94. The van der Waals surface area contributed by atoms with E-state index >= 15 is 0 Å².